The second-order valence-electron chi connectivity index (χ2n) is 5.28. The smallest absolute Gasteiger partial charge is 0.179 e. The summed E-state index contributed by atoms with van der Waals surface area (Å²) in [6, 6.07) is 14.1. The first-order valence-corrected chi connectivity index (χ1v) is 8.05. The molecule has 0 spiro atoms. The van der Waals surface area contributed by atoms with E-state index in [1.807, 2.05) is 42.7 Å². The molecule has 5 rings (SSSR count). The maximum absolute atomic E-state index is 4.71. The van der Waals surface area contributed by atoms with E-state index in [9.17, 15) is 0 Å². The minimum atomic E-state index is 0.655. The van der Waals surface area contributed by atoms with Gasteiger partial charge >= 0.3 is 0 Å². The van der Waals surface area contributed by atoms with Gasteiger partial charge in [-0.3, -0.25) is 4.98 Å². The van der Waals surface area contributed by atoms with Crippen molar-refractivity contribution in [2.45, 2.75) is 0 Å². The second kappa shape index (κ2) is 4.79. The van der Waals surface area contributed by atoms with E-state index in [1.54, 1.807) is 17.5 Å². The van der Waals surface area contributed by atoms with E-state index in [4.69, 9.17) is 4.98 Å². The van der Waals surface area contributed by atoms with Gasteiger partial charge < -0.3 is 0 Å². The van der Waals surface area contributed by atoms with Gasteiger partial charge in [-0.1, -0.05) is 24.3 Å². The number of rotatable bonds is 1. The molecule has 4 heterocycles. The Morgan fingerprint density at radius 3 is 2.78 bits per heavy atom. The number of hydrogen-bond acceptors (Lipinski definition) is 5. The topological polar surface area (TPSA) is 51.6 Å². The molecule has 0 aliphatic carbocycles. The minimum Gasteiger partial charge on any atom is -0.264 e. The molecule has 0 aliphatic heterocycles. The van der Waals surface area contributed by atoms with Crippen LogP contribution in [0.4, 0.5) is 0 Å². The third kappa shape index (κ3) is 1.98. The van der Waals surface area contributed by atoms with Gasteiger partial charge in [-0.25, -0.2) is 15.0 Å². The molecule has 0 fully saturated rings. The van der Waals surface area contributed by atoms with Crippen LogP contribution in [0.15, 0.2) is 61.1 Å². The highest BCUT2D eigenvalue weighted by Gasteiger charge is 2.10. The number of benzene rings is 1. The molecule has 5 aromatic rings. The zero-order valence-electron chi connectivity index (χ0n) is 12.0. The summed E-state index contributed by atoms with van der Waals surface area (Å²) in [4.78, 5) is 19.0. The SMILES string of the molecule is c1ccc2nc(-c3ncc4c(n3)sc3ccncc34)ccc2c1. The number of aromatic nitrogens is 4. The Morgan fingerprint density at radius 2 is 1.78 bits per heavy atom. The number of fused-ring (bicyclic) bond motifs is 4. The molecule has 0 radical (unpaired) electrons. The first-order valence-electron chi connectivity index (χ1n) is 7.24. The standard InChI is InChI=1S/C18H10N4S/c1-2-4-14-11(3-1)5-6-15(21-14)17-20-10-13-12-9-19-8-7-16(12)23-18(13)22-17/h1-10H. The van der Waals surface area contributed by atoms with Gasteiger partial charge in [0.2, 0.25) is 0 Å². The molecule has 0 N–H and O–H groups in total. The largest absolute Gasteiger partial charge is 0.264 e. The first kappa shape index (κ1) is 12.6. The first-order chi connectivity index (χ1) is 11.4. The molecule has 4 aromatic heterocycles. The molecule has 5 heteroatoms. The number of nitrogens with zero attached hydrogens (tertiary/aromatic N) is 4. The van der Waals surface area contributed by atoms with E-state index in [0.717, 1.165) is 32.2 Å². The van der Waals surface area contributed by atoms with Crippen molar-refractivity contribution in [3.05, 3.63) is 61.1 Å². The Labute approximate surface area is 135 Å². The fourth-order valence-corrected chi connectivity index (χ4v) is 3.73. The molecule has 0 bridgehead atoms. The fraction of sp³-hybridized carbons (Fsp3) is 0. The normalized spacial score (nSPS) is 11.5. The highest BCUT2D eigenvalue weighted by Crippen LogP contribution is 2.32. The Morgan fingerprint density at radius 1 is 0.826 bits per heavy atom. The molecule has 4 nitrogen and oxygen atoms in total. The molecule has 23 heavy (non-hydrogen) atoms. The van der Waals surface area contributed by atoms with E-state index >= 15 is 0 Å². The van der Waals surface area contributed by atoms with Crippen molar-refractivity contribution in [1.82, 2.24) is 19.9 Å². The van der Waals surface area contributed by atoms with Crippen molar-refractivity contribution in [3.63, 3.8) is 0 Å². The summed E-state index contributed by atoms with van der Waals surface area (Å²) in [5.41, 5.74) is 1.75. The zero-order valence-corrected chi connectivity index (χ0v) is 12.8. The lowest BCUT2D eigenvalue weighted by atomic mass is 10.2. The van der Waals surface area contributed by atoms with E-state index < -0.39 is 0 Å². The number of pyridine rings is 2. The monoisotopic (exact) mass is 314 g/mol. The molecule has 0 saturated heterocycles. The number of hydrogen-bond donors (Lipinski definition) is 0. The van der Waals surface area contributed by atoms with Gasteiger partial charge in [-0.05, 0) is 18.2 Å². The van der Waals surface area contributed by atoms with Crippen LogP contribution in [0.1, 0.15) is 0 Å². The van der Waals surface area contributed by atoms with E-state index in [0.29, 0.717) is 5.82 Å². The average molecular weight is 314 g/mol. The average Bonchev–Trinajstić information content (AvgIpc) is 2.99. The third-order valence-corrected chi connectivity index (χ3v) is 4.94. The summed E-state index contributed by atoms with van der Waals surface area (Å²) in [7, 11) is 0. The van der Waals surface area contributed by atoms with Crippen molar-refractivity contribution >= 4 is 42.5 Å². The lowest BCUT2D eigenvalue weighted by Crippen LogP contribution is -1.91. The maximum Gasteiger partial charge on any atom is 0.179 e. The molecule has 0 saturated carbocycles. The lowest BCUT2D eigenvalue weighted by molar-refractivity contribution is 1.20. The molecule has 0 aliphatic rings. The minimum absolute atomic E-state index is 0.655. The molecular weight excluding hydrogens is 304 g/mol. The van der Waals surface area contributed by atoms with Crippen LogP contribution in [0.25, 0.3) is 42.7 Å². The van der Waals surface area contributed by atoms with Crippen molar-refractivity contribution < 1.29 is 0 Å². The van der Waals surface area contributed by atoms with Gasteiger partial charge in [-0.2, -0.15) is 0 Å². The number of para-hydroxylation sites is 1. The van der Waals surface area contributed by atoms with Gasteiger partial charge in [0.25, 0.3) is 0 Å². The van der Waals surface area contributed by atoms with Crippen LogP contribution in [0.3, 0.4) is 0 Å². The third-order valence-electron chi connectivity index (χ3n) is 3.86. The van der Waals surface area contributed by atoms with Gasteiger partial charge in [0, 0.05) is 39.4 Å². The van der Waals surface area contributed by atoms with Gasteiger partial charge in [0.05, 0.1) is 5.52 Å². The van der Waals surface area contributed by atoms with E-state index in [2.05, 4.69) is 27.1 Å². The lowest BCUT2D eigenvalue weighted by Gasteiger charge is -2.02. The van der Waals surface area contributed by atoms with Gasteiger partial charge in [0.15, 0.2) is 5.82 Å². The highest BCUT2D eigenvalue weighted by atomic mass is 32.1. The van der Waals surface area contributed by atoms with Crippen molar-refractivity contribution in [3.8, 4) is 11.5 Å². The van der Waals surface area contributed by atoms with Gasteiger partial charge in [-0.15, -0.1) is 11.3 Å². The Kier molecular flexibility index (Phi) is 2.63. The Balaban J connectivity index is 1.73. The summed E-state index contributed by atoms with van der Waals surface area (Å²) in [6.07, 6.45) is 5.54. The molecular formula is C18H10N4S. The van der Waals surface area contributed by atoms with Crippen LogP contribution in [-0.2, 0) is 0 Å². The number of thiophene rings is 1. The maximum atomic E-state index is 4.71. The summed E-state index contributed by atoms with van der Waals surface area (Å²) in [6.45, 7) is 0. The summed E-state index contributed by atoms with van der Waals surface area (Å²) in [5.74, 6) is 0.655. The highest BCUT2D eigenvalue weighted by molar-refractivity contribution is 7.25. The molecule has 0 atom stereocenters. The second-order valence-corrected chi connectivity index (χ2v) is 6.31. The summed E-state index contributed by atoms with van der Waals surface area (Å²) in [5, 5.41) is 3.26. The predicted octanol–water partition coefficient (Wildman–Crippen LogP) is 4.45. The molecule has 0 amide bonds. The Hall–Kier alpha value is -2.92. The molecule has 108 valence electrons. The quantitative estimate of drug-likeness (QED) is 0.458. The van der Waals surface area contributed by atoms with Crippen molar-refractivity contribution in [2.24, 2.45) is 0 Å². The fourth-order valence-electron chi connectivity index (χ4n) is 2.72. The van der Waals surface area contributed by atoms with Crippen LogP contribution in [0, 0.1) is 0 Å². The molecule has 0 unspecified atom stereocenters. The van der Waals surface area contributed by atoms with Crippen LogP contribution in [-0.4, -0.2) is 19.9 Å². The van der Waals surface area contributed by atoms with Crippen molar-refractivity contribution in [1.29, 1.82) is 0 Å². The van der Waals surface area contributed by atoms with Gasteiger partial charge in [0.1, 0.15) is 10.5 Å². The Bertz CT molecular complexity index is 1180. The van der Waals surface area contributed by atoms with Crippen molar-refractivity contribution in [2.75, 3.05) is 0 Å². The summed E-state index contributed by atoms with van der Waals surface area (Å²) >= 11 is 1.66. The van der Waals surface area contributed by atoms with Crippen LogP contribution in [0.5, 0.6) is 0 Å². The predicted molar refractivity (Wildman–Crippen MR) is 93.5 cm³/mol. The van der Waals surface area contributed by atoms with Crippen LogP contribution < -0.4 is 0 Å². The van der Waals surface area contributed by atoms with E-state index in [1.165, 1.54) is 4.70 Å². The van der Waals surface area contributed by atoms with E-state index in [-0.39, 0.29) is 0 Å². The summed E-state index contributed by atoms with van der Waals surface area (Å²) < 4.78 is 1.17. The van der Waals surface area contributed by atoms with Crippen LogP contribution in [0.2, 0.25) is 0 Å². The van der Waals surface area contributed by atoms with Crippen LogP contribution >= 0.6 is 11.3 Å². The molecule has 1 aromatic carbocycles. The zero-order chi connectivity index (χ0) is 15.2.